The molecule has 23 heavy (non-hydrogen) atoms. The molecule has 0 saturated heterocycles. The summed E-state index contributed by atoms with van der Waals surface area (Å²) in [5.74, 6) is 1.59. The van der Waals surface area contributed by atoms with E-state index in [4.69, 9.17) is 21.7 Å². The van der Waals surface area contributed by atoms with Crippen molar-refractivity contribution in [3.63, 3.8) is 0 Å². The lowest BCUT2D eigenvalue weighted by molar-refractivity contribution is 0.171. The van der Waals surface area contributed by atoms with Crippen molar-refractivity contribution in [2.45, 2.75) is 25.4 Å². The zero-order valence-electron chi connectivity index (χ0n) is 12.7. The van der Waals surface area contributed by atoms with Crippen LogP contribution in [0.3, 0.4) is 0 Å². The Labute approximate surface area is 145 Å². The molecule has 4 rings (SSSR count). The first-order chi connectivity index (χ1) is 11.3. The molecular formula is C17H18N2O2S2. The SMILES string of the molecule is S=C(NC1CC1)N(Cc1cccs1)c1ccc2c(c1)OCCO2. The first-order valence-electron chi connectivity index (χ1n) is 7.80. The minimum absolute atomic E-state index is 0.533. The van der Waals surface area contributed by atoms with Crippen LogP contribution in [-0.4, -0.2) is 24.4 Å². The van der Waals surface area contributed by atoms with Crippen LogP contribution in [0.1, 0.15) is 17.7 Å². The molecule has 0 atom stereocenters. The van der Waals surface area contributed by atoms with E-state index in [1.165, 1.54) is 17.7 Å². The molecule has 1 aliphatic carbocycles. The molecule has 6 heteroatoms. The lowest BCUT2D eigenvalue weighted by Crippen LogP contribution is -2.40. The molecule has 2 aliphatic rings. The molecule has 1 aromatic heterocycles. The standard InChI is InChI=1S/C17H18N2O2S2/c22-17(18-12-3-4-12)19(11-14-2-1-9-23-14)13-5-6-15-16(10-13)21-8-7-20-15/h1-2,5-6,9-10,12H,3-4,7-8,11H2,(H,18,22). The zero-order valence-corrected chi connectivity index (χ0v) is 14.3. The molecule has 0 bridgehead atoms. The second-order valence-electron chi connectivity index (χ2n) is 5.72. The molecule has 1 aromatic carbocycles. The number of ether oxygens (including phenoxy) is 2. The molecule has 4 nitrogen and oxygen atoms in total. The fraction of sp³-hybridized carbons (Fsp3) is 0.353. The number of anilines is 1. The van der Waals surface area contributed by atoms with Gasteiger partial charge >= 0.3 is 0 Å². The fourth-order valence-electron chi connectivity index (χ4n) is 2.52. The van der Waals surface area contributed by atoms with Crippen LogP contribution in [0.2, 0.25) is 0 Å². The monoisotopic (exact) mass is 346 g/mol. The maximum absolute atomic E-state index is 5.71. The van der Waals surface area contributed by atoms with Gasteiger partial charge in [0.15, 0.2) is 16.6 Å². The predicted octanol–water partition coefficient (Wildman–Crippen LogP) is 3.56. The molecule has 0 radical (unpaired) electrons. The van der Waals surface area contributed by atoms with Gasteiger partial charge in [-0.25, -0.2) is 0 Å². The molecular weight excluding hydrogens is 328 g/mol. The van der Waals surface area contributed by atoms with E-state index in [1.54, 1.807) is 11.3 Å². The number of rotatable bonds is 4. The van der Waals surface area contributed by atoms with Gasteiger partial charge in [-0.3, -0.25) is 0 Å². The number of thiocarbonyl (C=S) groups is 1. The highest BCUT2D eigenvalue weighted by Crippen LogP contribution is 2.35. The van der Waals surface area contributed by atoms with Crippen molar-refractivity contribution in [1.29, 1.82) is 0 Å². The summed E-state index contributed by atoms with van der Waals surface area (Å²) in [4.78, 5) is 3.41. The van der Waals surface area contributed by atoms with Crippen LogP contribution in [0.15, 0.2) is 35.7 Å². The normalized spacial score (nSPS) is 16.0. The van der Waals surface area contributed by atoms with Crippen LogP contribution in [0, 0.1) is 0 Å². The van der Waals surface area contributed by atoms with E-state index in [1.807, 2.05) is 18.2 Å². The number of hydrogen-bond acceptors (Lipinski definition) is 4. The van der Waals surface area contributed by atoms with E-state index in [0.717, 1.165) is 28.8 Å². The summed E-state index contributed by atoms with van der Waals surface area (Å²) >= 11 is 7.39. The summed E-state index contributed by atoms with van der Waals surface area (Å²) in [5.41, 5.74) is 1.03. The van der Waals surface area contributed by atoms with Crippen LogP contribution >= 0.6 is 23.6 Å². The van der Waals surface area contributed by atoms with Crippen molar-refractivity contribution in [3.05, 3.63) is 40.6 Å². The van der Waals surface area contributed by atoms with Crippen molar-refractivity contribution >= 4 is 34.4 Å². The average Bonchev–Trinajstić information content (AvgIpc) is 3.24. The van der Waals surface area contributed by atoms with Crippen molar-refractivity contribution in [2.24, 2.45) is 0 Å². The summed E-state index contributed by atoms with van der Waals surface area (Å²) in [6.07, 6.45) is 2.41. The van der Waals surface area contributed by atoms with Crippen LogP contribution in [-0.2, 0) is 6.54 Å². The molecule has 0 spiro atoms. The van der Waals surface area contributed by atoms with Crippen LogP contribution in [0.25, 0.3) is 0 Å². The summed E-state index contributed by atoms with van der Waals surface area (Å²) in [5, 5.41) is 6.30. The molecule has 0 unspecified atom stereocenters. The van der Waals surface area contributed by atoms with E-state index < -0.39 is 0 Å². The van der Waals surface area contributed by atoms with E-state index in [0.29, 0.717) is 19.3 Å². The summed E-state index contributed by atoms with van der Waals surface area (Å²) in [6, 6.07) is 10.8. The Balaban J connectivity index is 1.61. The van der Waals surface area contributed by atoms with Gasteiger partial charge in [-0.15, -0.1) is 11.3 Å². The van der Waals surface area contributed by atoms with Gasteiger partial charge in [0.2, 0.25) is 0 Å². The summed E-state index contributed by atoms with van der Waals surface area (Å²) in [6.45, 7) is 1.95. The third-order valence-corrected chi connectivity index (χ3v) is 5.08. The highest BCUT2D eigenvalue weighted by atomic mass is 32.1. The topological polar surface area (TPSA) is 33.7 Å². The van der Waals surface area contributed by atoms with E-state index in [9.17, 15) is 0 Å². The Kier molecular flexibility index (Phi) is 4.10. The number of nitrogens with zero attached hydrogens (tertiary/aromatic N) is 1. The van der Waals surface area contributed by atoms with Gasteiger partial charge in [-0.05, 0) is 48.6 Å². The van der Waals surface area contributed by atoms with E-state index >= 15 is 0 Å². The number of thiophene rings is 1. The molecule has 2 aromatic rings. The highest BCUT2D eigenvalue weighted by molar-refractivity contribution is 7.80. The van der Waals surface area contributed by atoms with Crippen LogP contribution < -0.4 is 19.7 Å². The Morgan fingerprint density at radius 2 is 2.04 bits per heavy atom. The first kappa shape index (κ1) is 14.8. The molecule has 0 amide bonds. The van der Waals surface area contributed by atoms with Gasteiger partial charge in [-0.1, -0.05) is 6.07 Å². The third-order valence-electron chi connectivity index (χ3n) is 3.88. The van der Waals surface area contributed by atoms with Gasteiger partial charge in [0.1, 0.15) is 13.2 Å². The number of hydrogen-bond donors (Lipinski definition) is 1. The van der Waals surface area contributed by atoms with Crippen molar-refractivity contribution in [1.82, 2.24) is 5.32 Å². The summed E-state index contributed by atoms with van der Waals surface area (Å²) < 4.78 is 11.3. The minimum Gasteiger partial charge on any atom is -0.486 e. The van der Waals surface area contributed by atoms with Gasteiger partial charge < -0.3 is 19.7 Å². The minimum atomic E-state index is 0.533. The predicted molar refractivity (Wildman–Crippen MR) is 96.7 cm³/mol. The largest absolute Gasteiger partial charge is 0.486 e. The number of nitrogens with one attached hydrogen (secondary N) is 1. The Hall–Kier alpha value is -1.79. The molecule has 1 N–H and O–H groups in total. The van der Waals surface area contributed by atoms with Gasteiger partial charge in [0.25, 0.3) is 0 Å². The first-order valence-corrected chi connectivity index (χ1v) is 9.08. The second kappa shape index (κ2) is 6.37. The summed E-state index contributed by atoms with van der Waals surface area (Å²) in [7, 11) is 0. The Morgan fingerprint density at radius 1 is 1.22 bits per heavy atom. The highest BCUT2D eigenvalue weighted by Gasteiger charge is 2.25. The lowest BCUT2D eigenvalue weighted by atomic mass is 10.2. The number of fused-ring (bicyclic) bond motifs is 1. The van der Waals surface area contributed by atoms with Crippen molar-refractivity contribution in [3.8, 4) is 11.5 Å². The van der Waals surface area contributed by atoms with Crippen molar-refractivity contribution < 1.29 is 9.47 Å². The third kappa shape index (κ3) is 3.43. The average molecular weight is 346 g/mol. The van der Waals surface area contributed by atoms with Gasteiger partial charge in [-0.2, -0.15) is 0 Å². The molecule has 1 aliphatic heterocycles. The van der Waals surface area contributed by atoms with Gasteiger partial charge in [0.05, 0.1) is 6.54 Å². The molecule has 1 fully saturated rings. The fourth-order valence-corrected chi connectivity index (χ4v) is 3.55. The molecule has 1 saturated carbocycles. The van der Waals surface area contributed by atoms with Crippen LogP contribution in [0.5, 0.6) is 11.5 Å². The Bertz CT molecular complexity index is 699. The quantitative estimate of drug-likeness (QED) is 0.856. The lowest BCUT2D eigenvalue weighted by Gasteiger charge is -2.27. The van der Waals surface area contributed by atoms with E-state index in [-0.39, 0.29) is 0 Å². The van der Waals surface area contributed by atoms with Gasteiger partial charge in [0, 0.05) is 22.7 Å². The van der Waals surface area contributed by atoms with Crippen molar-refractivity contribution in [2.75, 3.05) is 18.1 Å². The second-order valence-corrected chi connectivity index (χ2v) is 7.14. The zero-order chi connectivity index (χ0) is 15.6. The number of benzene rings is 1. The smallest absolute Gasteiger partial charge is 0.174 e. The maximum atomic E-state index is 5.71. The maximum Gasteiger partial charge on any atom is 0.174 e. The van der Waals surface area contributed by atoms with E-state index in [2.05, 4.69) is 27.7 Å². The Morgan fingerprint density at radius 3 is 2.78 bits per heavy atom. The molecule has 2 heterocycles. The van der Waals surface area contributed by atoms with Crippen LogP contribution in [0.4, 0.5) is 5.69 Å². The molecule has 120 valence electrons.